The van der Waals surface area contributed by atoms with Crippen molar-refractivity contribution < 1.29 is 0 Å². The Hall–Kier alpha value is -0.860. The summed E-state index contributed by atoms with van der Waals surface area (Å²) in [5.74, 6) is 1.68. The van der Waals surface area contributed by atoms with Gasteiger partial charge in [0.1, 0.15) is 0 Å². The maximum Gasteiger partial charge on any atom is 0.0236 e. The second-order valence-corrected chi connectivity index (χ2v) is 6.92. The summed E-state index contributed by atoms with van der Waals surface area (Å²) in [5.41, 5.74) is 2.97. The molecule has 0 aliphatic carbocycles. The van der Waals surface area contributed by atoms with Gasteiger partial charge in [0.2, 0.25) is 0 Å². The monoisotopic (exact) mass is 288 g/mol. The molecule has 0 aromatic heterocycles. The number of rotatable bonds is 7. The highest BCUT2D eigenvalue weighted by molar-refractivity contribution is 5.27. The summed E-state index contributed by atoms with van der Waals surface area (Å²) in [6.07, 6.45) is 4.11. The lowest BCUT2D eigenvalue weighted by Crippen LogP contribution is -2.33. The summed E-state index contributed by atoms with van der Waals surface area (Å²) in [5, 5.41) is 3.58. The molecule has 1 heterocycles. The largest absolute Gasteiger partial charge is 0.312 e. The molecule has 1 aromatic carbocycles. The molecule has 2 rings (SSSR count). The van der Waals surface area contributed by atoms with E-state index >= 15 is 0 Å². The van der Waals surface area contributed by atoms with Crippen molar-refractivity contribution in [2.75, 3.05) is 19.6 Å². The average molecular weight is 288 g/mol. The van der Waals surface area contributed by atoms with Gasteiger partial charge >= 0.3 is 0 Å². The summed E-state index contributed by atoms with van der Waals surface area (Å²) < 4.78 is 0. The Morgan fingerprint density at radius 1 is 1.14 bits per heavy atom. The molecule has 0 atom stereocenters. The van der Waals surface area contributed by atoms with E-state index in [1.165, 1.54) is 43.5 Å². The molecule has 21 heavy (non-hydrogen) atoms. The SMILES string of the molecule is CCC1CCN(Cc2ccccc2CNCC(C)C)CC1. The van der Waals surface area contributed by atoms with Crippen LogP contribution in [0.3, 0.4) is 0 Å². The Kier molecular flexibility index (Phi) is 6.72. The summed E-state index contributed by atoms with van der Waals surface area (Å²) >= 11 is 0. The summed E-state index contributed by atoms with van der Waals surface area (Å²) in [4.78, 5) is 2.63. The number of hydrogen-bond donors (Lipinski definition) is 1. The molecular formula is C19H32N2. The van der Waals surface area contributed by atoms with Crippen LogP contribution in [0.1, 0.15) is 51.2 Å². The van der Waals surface area contributed by atoms with Gasteiger partial charge in [0, 0.05) is 13.1 Å². The fraction of sp³-hybridized carbons (Fsp3) is 0.684. The van der Waals surface area contributed by atoms with Crippen LogP contribution in [-0.2, 0) is 13.1 Å². The predicted molar refractivity (Wildman–Crippen MR) is 91.3 cm³/mol. The average Bonchev–Trinajstić information content (AvgIpc) is 2.49. The van der Waals surface area contributed by atoms with Gasteiger partial charge in [0.25, 0.3) is 0 Å². The smallest absolute Gasteiger partial charge is 0.0236 e. The van der Waals surface area contributed by atoms with Gasteiger partial charge in [-0.2, -0.15) is 0 Å². The van der Waals surface area contributed by atoms with Crippen LogP contribution in [-0.4, -0.2) is 24.5 Å². The molecule has 118 valence electrons. The number of benzene rings is 1. The Morgan fingerprint density at radius 2 is 1.81 bits per heavy atom. The fourth-order valence-corrected chi connectivity index (χ4v) is 3.17. The maximum absolute atomic E-state index is 3.58. The molecule has 0 radical (unpaired) electrons. The van der Waals surface area contributed by atoms with E-state index in [4.69, 9.17) is 0 Å². The minimum Gasteiger partial charge on any atom is -0.312 e. The highest BCUT2D eigenvalue weighted by Gasteiger charge is 2.18. The van der Waals surface area contributed by atoms with Crippen LogP contribution in [0.4, 0.5) is 0 Å². The Balaban J connectivity index is 1.87. The molecule has 0 amide bonds. The van der Waals surface area contributed by atoms with E-state index in [-0.39, 0.29) is 0 Å². The lowest BCUT2D eigenvalue weighted by molar-refractivity contribution is 0.174. The van der Waals surface area contributed by atoms with Crippen molar-refractivity contribution in [2.45, 2.75) is 53.1 Å². The molecule has 1 saturated heterocycles. The molecule has 1 aliphatic heterocycles. The quantitative estimate of drug-likeness (QED) is 0.814. The normalized spacial score (nSPS) is 17.5. The van der Waals surface area contributed by atoms with E-state index < -0.39 is 0 Å². The standard InChI is InChI=1S/C19H32N2/c1-4-17-9-11-21(12-10-17)15-19-8-6-5-7-18(19)14-20-13-16(2)3/h5-8,16-17,20H,4,9-15H2,1-3H3. The maximum atomic E-state index is 3.58. The second kappa shape index (κ2) is 8.55. The fourth-order valence-electron chi connectivity index (χ4n) is 3.17. The first kappa shape index (κ1) is 16.5. The van der Waals surface area contributed by atoms with Crippen LogP contribution in [0.25, 0.3) is 0 Å². The number of likely N-dealkylation sites (tertiary alicyclic amines) is 1. The van der Waals surface area contributed by atoms with E-state index in [0.29, 0.717) is 5.92 Å². The number of nitrogens with one attached hydrogen (secondary N) is 1. The van der Waals surface area contributed by atoms with E-state index in [9.17, 15) is 0 Å². The summed E-state index contributed by atoms with van der Waals surface area (Å²) in [6.45, 7) is 12.6. The molecule has 0 spiro atoms. The number of nitrogens with zero attached hydrogens (tertiary/aromatic N) is 1. The van der Waals surface area contributed by atoms with E-state index in [1.54, 1.807) is 0 Å². The van der Waals surface area contributed by atoms with Crippen LogP contribution in [0.15, 0.2) is 24.3 Å². The molecule has 1 N–H and O–H groups in total. The molecule has 0 bridgehead atoms. The van der Waals surface area contributed by atoms with Crippen molar-refractivity contribution >= 4 is 0 Å². The molecule has 0 unspecified atom stereocenters. The molecule has 1 aliphatic rings. The highest BCUT2D eigenvalue weighted by Crippen LogP contribution is 2.22. The van der Waals surface area contributed by atoms with Gasteiger partial charge in [-0.3, -0.25) is 4.90 Å². The predicted octanol–water partition coefficient (Wildman–Crippen LogP) is 4.05. The van der Waals surface area contributed by atoms with Gasteiger partial charge in [0.15, 0.2) is 0 Å². The van der Waals surface area contributed by atoms with Gasteiger partial charge in [0.05, 0.1) is 0 Å². The molecule has 0 saturated carbocycles. The minimum atomic E-state index is 0.713. The van der Waals surface area contributed by atoms with Gasteiger partial charge in [-0.1, -0.05) is 51.5 Å². The van der Waals surface area contributed by atoms with Gasteiger partial charge in [-0.05, 0) is 55.4 Å². The van der Waals surface area contributed by atoms with E-state index in [2.05, 4.69) is 55.3 Å². The van der Waals surface area contributed by atoms with E-state index in [0.717, 1.165) is 25.6 Å². The molecular weight excluding hydrogens is 256 g/mol. The van der Waals surface area contributed by atoms with Crippen molar-refractivity contribution in [1.29, 1.82) is 0 Å². The molecule has 2 heteroatoms. The first-order chi connectivity index (χ1) is 10.2. The number of hydrogen-bond acceptors (Lipinski definition) is 2. The van der Waals surface area contributed by atoms with Crippen molar-refractivity contribution in [3.05, 3.63) is 35.4 Å². The van der Waals surface area contributed by atoms with Gasteiger partial charge in [-0.25, -0.2) is 0 Å². The van der Waals surface area contributed by atoms with Crippen LogP contribution >= 0.6 is 0 Å². The van der Waals surface area contributed by atoms with Crippen molar-refractivity contribution in [3.8, 4) is 0 Å². The van der Waals surface area contributed by atoms with Crippen molar-refractivity contribution in [1.82, 2.24) is 10.2 Å². The zero-order chi connectivity index (χ0) is 15.1. The third-order valence-corrected chi connectivity index (χ3v) is 4.66. The number of piperidine rings is 1. The topological polar surface area (TPSA) is 15.3 Å². The Bertz CT molecular complexity index is 406. The van der Waals surface area contributed by atoms with E-state index in [1.807, 2.05) is 0 Å². The lowest BCUT2D eigenvalue weighted by atomic mass is 9.94. The Labute approximate surface area is 130 Å². The van der Waals surface area contributed by atoms with Crippen LogP contribution in [0, 0.1) is 11.8 Å². The lowest BCUT2D eigenvalue weighted by Gasteiger charge is -2.32. The molecule has 1 aromatic rings. The second-order valence-electron chi connectivity index (χ2n) is 6.92. The summed E-state index contributed by atoms with van der Waals surface area (Å²) in [6, 6.07) is 8.93. The van der Waals surface area contributed by atoms with Crippen LogP contribution in [0.2, 0.25) is 0 Å². The van der Waals surface area contributed by atoms with Crippen LogP contribution < -0.4 is 5.32 Å². The van der Waals surface area contributed by atoms with Crippen LogP contribution in [0.5, 0.6) is 0 Å². The third kappa shape index (κ3) is 5.44. The Morgan fingerprint density at radius 3 is 2.43 bits per heavy atom. The minimum absolute atomic E-state index is 0.713. The van der Waals surface area contributed by atoms with Gasteiger partial charge < -0.3 is 5.32 Å². The third-order valence-electron chi connectivity index (χ3n) is 4.66. The highest BCUT2D eigenvalue weighted by atomic mass is 15.1. The zero-order valence-corrected chi connectivity index (χ0v) is 14.1. The van der Waals surface area contributed by atoms with Crippen molar-refractivity contribution in [3.63, 3.8) is 0 Å². The van der Waals surface area contributed by atoms with Gasteiger partial charge in [-0.15, -0.1) is 0 Å². The van der Waals surface area contributed by atoms with Crippen molar-refractivity contribution in [2.24, 2.45) is 11.8 Å². The zero-order valence-electron chi connectivity index (χ0n) is 14.1. The molecule has 1 fully saturated rings. The first-order valence-electron chi connectivity index (χ1n) is 8.69. The molecule has 2 nitrogen and oxygen atoms in total. The first-order valence-corrected chi connectivity index (χ1v) is 8.69. The summed E-state index contributed by atoms with van der Waals surface area (Å²) in [7, 11) is 0.